The summed E-state index contributed by atoms with van der Waals surface area (Å²) in [5, 5.41) is 4.36. The number of carbonyl (C=O) groups excluding carboxylic acids is 2. The van der Waals surface area contributed by atoms with Gasteiger partial charge in [0.05, 0.1) is 6.42 Å². The van der Waals surface area contributed by atoms with E-state index in [4.69, 9.17) is 4.74 Å². The van der Waals surface area contributed by atoms with Crippen LogP contribution in [-0.2, 0) is 24.3 Å². The van der Waals surface area contributed by atoms with Crippen LogP contribution in [0, 0.1) is 13.8 Å². The lowest BCUT2D eigenvalue weighted by Crippen LogP contribution is -2.27. The monoisotopic (exact) mass is 396 g/mol. The van der Waals surface area contributed by atoms with Gasteiger partial charge >= 0.3 is 5.97 Å². The fourth-order valence-electron chi connectivity index (χ4n) is 2.18. The van der Waals surface area contributed by atoms with Crippen molar-refractivity contribution in [2.45, 2.75) is 24.5 Å². The van der Waals surface area contributed by atoms with Crippen LogP contribution in [0.2, 0.25) is 0 Å². The lowest BCUT2D eigenvalue weighted by Gasteiger charge is -2.11. The van der Waals surface area contributed by atoms with Gasteiger partial charge in [-0.2, -0.15) is 0 Å². The van der Waals surface area contributed by atoms with Crippen LogP contribution in [0.3, 0.4) is 0 Å². The van der Waals surface area contributed by atoms with E-state index in [-0.39, 0.29) is 17.2 Å². The van der Waals surface area contributed by atoms with E-state index in [1.165, 1.54) is 6.07 Å². The number of hydrogen-bond donors (Lipinski definition) is 2. The summed E-state index contributed by atoms with van der Waals surface area (Å²) in [7, 11) is -3.61. The highest BCUT2D eigenvalue weighted by atomic mass is 32.2. The first kappa shape index (κ1) is 20.1. The molecule has 2 aromatic rings. The minimum Gasteiger partial charge on any atom is -0.456 e. The second-order valence-electron chi connectivity index (χ2n) is 5.56. The number of esters is 1. The maximum absolute atomic E-state index is 11.9. The fourth-order valence-corrected chi connectivity index (χ4v) is 4.25. The van der Waals surface area contributed by atoms with Crippen LogP contribution in [0.5, 0.6) is 0 Å². The summed E-state index contributed by atoms with van der Waals surface area (Å²) in [6.07, 6.45) is -0.165. The van der Waals surface area contributed by atoms with Gasteiger partial charge in [0.1, 0.15) is 4.21 Å². The Kier molecular flexibility index (Phi) is 6.90. The van der Waals surface area contributed by atoms with Gasteiger partial charge in [0.2, 0.25) is 10.0 Å². The predicted octanol–water partition coefficient (Wildman–Crippen LogP) is 2.22. The van der Waals surface area contributed by atoms with Gasteiger partial charge in [-0.1, -0.05) is 24.3 Å². The molecule has 0 atom stereocenters. The molecule has 0 saturated heterocycles. The molecule has 0 fully saturated rings. The fraction of sp³-hybridized carbons (Fsp3) is 0.294. The molecule has 0 spiro atoms. The Morgan fingerprint density at radius 3 is 2.42 bits per heavy atom. The molecule has 1 aromatic heterocycles. The molecule has 2 rings (SSSR count). The minimum absolute atomic E-state index is 0.0996. The summed E-state index contributed by atoms with van der Waals surface area (Å²) < 4.78 is 31.2. The lowest BCUT2D eigenvalue weighted by atomic mass is 10.1. The van der Waals surface area contributed by atoms with Crippen molar-refractivity contribution in [3.8, 4) is 0 Å². The maximum Gasteiger partial charge on any atom is 0.307 e. The molecule has 0 saturated carbocycles. The molecule has 2 N–H and O–H groups in total. The number of benzene rings is 1. The van der Waals surface area contributed by atoms with Crippen molar-refractivity contribution < 1.29 is 22.7 Å². The summed E-state index contributed by atoms with van der Waals surface area (Å²) in [5.74, 6) is -1.11. The number of amides is 1. The Bertz CT molecular complexity index is 856. The van der Waals surface area contributed by atoms with Crippen LogP contribution in [0.25, 0.3) is 0 Å². The van der Waals surface area contributed by atoms with Gasteiger partial charge in [-0.25, -0.2) is 13.1 Å². The van der Waals surface area contributed by atoms with Crippen molar-refractivity contribution in [3.63, 3.8) is 0 Å². The van der Waals surface area contributed by atoms with Crippen molar-refractivity contribution in [1.29, 1.82) is 0 Å². The molecule has 0 aliphatic heterocycles. The molecular weight excluding hydrogens is 376 g/mol. The van der Waals surface area contributed by atoms with Gasteiger partial charge in [0.15, 0.2) is 6.61 Å². The van der Waals surface area contributed by atoms with E-state index in [1.54, 1.807) is 11.4 Å². The molecular formula is C17H20N2O5S2. The maximum atomic E-state index is 11.9. The second kappa shape index (κ2) is 8.93. The third-order valence-corrected chi connectivity index (χ3v) is 6.35. The van der Waals surface area contributed by atoms with Crippen molar-refractivity contribution >= 4 is 38.9 Å². The Balaban J connectivity index is 1.74. The highest BCUT2D eigenvalue weighted by Gasteiger charge is 2.16. The number of sulfonamides is 1. The first-order chi connectivity index (χ1) is 12.3. The molecule has 7 nitrogen and oxygen atoms in total. The molecule has 0 radical (unpaired) electrons. The minimum atomic E-state index is -3.61. The van der Waals surface area contributed by atoms with Crippen LogP contribution < -0.4 is 10.0 Å². The first-order valence-corrected chi connectivity index (χ1v) is 10.2. The van der Waals surface area contributed by atoms with Gasteiger partial charge < -0.3 is 10.1 Å². The molecule has 0 aliphatic rings. The standard InChI is InChI=1S/C17H20N2O5S2/c1-12-5-3-6-13(2)17(12)19-14(20)11-24-15(21)8-9-18-26(22,23)16-7-4-10-25-16/h3-7,10,18H,8-9,11H2,1-2H3,(H,19,20). The summed E-state index contributed by atoms with van der Waals surface area (Å²) in [6.45, 7) is 3.21. The molecule has 0 aliphatic carbocycles. The van der Waals surface area contributed by atoms with E-state index in [1.807, 2.05) is 32.0 Å². The van der Waals surface area contributed by atoms with E-state index in [0.717, 1.165) is 22.5 Å². The quantitative estimate of drug-likeness (QED) is 0.666. The number of nitrogens with one attached hydrogen (secondary N) is 2. The third kappa shape index (κ3) is 5.65. The Labute approximate surface area is 156 Å². The van der Waals surface area contributed by atoms with Crippen LogP contribution in [0.15, 0.2) is 39.9 Å². The van der Waals surface area contributed by atoms with Crippen LogP contribution in [0.4, 0.5) is 5.69 Å². The first-order valence-electron chi connectivity index (χ1n) is 7.84. The third-order valence-electron chi connectivity index (χ3n) is 3.49. The SMILES string of the molecule is Cc1cccc(C)c1NC(=O)COC(=O)CCNS(=O)(=O)c1cccs1. The normalized spacial score (nSPS) is 11.2. The van der Waals surface area contributed by atoms with Gasteiger partial charge in [-0.3, -0.25) is 9.59 Å². The highest BCUT2D eigenvalue weighted by Crippen LogP contribution is 2.19. The van der Waals surface area contributed by atoms with Gasteiger partial charge in [0.25, 0.3) is 5.91 Å². The number of para-hydroxylation sites is 1. The number of anilines is 1. The summed E-state index contributed by atoms with van der Waals surface area (Å²) >= 11 is 1.09. The van der Waals surface area contributed by atoms with Crippen LogP contribution in [0.1, 0.15) is 17.5 Å². The van der Waals surface area contributed by atoms with Gasteiger partial charge in [-0.15, -0.1) is 11.3 Å². The molecule has 9 heteroatoms. The van der Waals surface area contributed by atoms with E-state index in [9.17, 15) is 18.0 Å². The highest BCUT2D eigenvalue weighted by molar-refractivity contribution is 7.91. The smallest absolute Gasteiger partial charge is 0.307 e. The zero-order chi connectivity index (χ0) is 19.2. The molecule has 0 bridgehead atoms. The largest absolute Gasteiger partial charge is 0.456 e. The van der Waals surface area contributed by atoms with Gasteiger partial charge in [0, 0.05) is 12.2 Å². The lowest BCUT2D eigenvalue weighted by molar-refractivity contribution is -0.147. The average Bonchev–Trinajstić information content (AvgIpc) is 3.12. The van der Waals surface area contributed by atoms with E-state index in [2.05, 4.69) is 10.0 Å². The number of hydrogen-bond acceptors (Lipinski definition) is 6. The van der Waals surface area contributed by atoms with E-state index >= 15 is 0 Å². The second-order valence-corrected chi connectivity index (χ2v) is 8.50. The molecule has 1 aromatic carbocycles. The topological polar surface area (TPSA) is 102 Å². The van der Waals surface area contributed by atoms with Crippen molar-refractivity contribution in [2.24, 2.45) is 0 Å². The van der Waals surface area contributed by atoms with Gasteiger partial charge in [-0.05, 0) is 36.4 Å². The molecule has 1 heterocycles. The molecule has 26 heavy (non-hydrogen) atoms. The van der Waals surface area contributed by atoms with Crippen molar-refractivity contribution in [1.82, 2.24) is 4.72 Å². The Morgan fingerprint density at radius 2 is 1.81 bits per heavy atom. The Hall–Kier alpha value is -2.23. The zero-order valence-electron chi connectivity index (χ0n) is 14.4. The van der Waals surface area contributed by atoms with Crippen molar-refractivity contribution in [3.05, 3.63) is 46.8 Å². The summed E-state index contributed by atoms with van der Waals surface area (Å²) in [6, 6.07) is 8.73. The zero-order valence-corrected chi connectivity index (χ0v) is 16.1. The molecule has 140 valence electrons. The van der Waals surface area contributed by atoms with E-state index < -0.39 is 28.5 Å². The summed E-state index contributed by atoms with van der Waals surface area (Å²) in [4.78, 5) is 23.6. The van der Waals surface area contributed by atoms with Crippen molar-refractivity contribution in [2.75, 3.05) is 18.5 Å². The number of aryl methyl sites for hydroxylation is 2. The summed E-state index contributed by atoms with van der Waals surface area (Å²) in [5.41, 5.74) is 2.51. The van der Waals surface area contributed by atoms with Crippen LogP contribution >= 0.6 is 11.3 Å². The average molecular weight is 396 g/mol. The van der Waals surface area contributed by atoms with Crippen LogP contribution in [-0.4, -0.2) is 33.4 Å². The molecule has 0 unspecified atom stereocenters. The Morgan fingerprint density at radius 1 is 1.12 bits per heavy atom. The number of carbonyl (C=O) groups is 2. The number of rotatable bonds is 8. The number of ether oxygens (including phenoxy) is 1. The van der Waals surface area contributed by atoms with E-state index in [0.29, 0.717) is 5.69 Å². The predicted molar refractivity (Wildman–Crippen MR) is 99.6 cm³/mol. The molecule has 1 amide bonds. The number of thiophene rings is 1.